The quantitative estimate of drug-likeness (QED) is 0.825. The second kappa shape index (κ2) is 4.98. The van der Waals surface area contributed by atoms with Gasteiger partial charge in [0.1, 0.15) is 11.9 Å². The third-order valence-electron chi connectivity index (χ3n) is 2.83. The molecule has 2 unspecified atom stereocenters. The van der Waals surface area contributed by atoms with Gasteiger partial charge in [-0.25, -0.2) is 8.78 Å². The molecule has 0 aliphatic carbocycles. The van der Waals surface area contributed by atoms with E-state index in [2.05, 4.69) is 5.48 Å². The van der Waals surface area contributed by atoms with Crippen molar-refractivity contribution < 1.29 is 18.4 Å². The molecule has 94 valence electrons. The van der Waals surface area contributed by atoms with Gasteiger partial charge in [0.2, 0.25) is 0 Å². The lowest BCUT2D eigenvalue weighted by atomic mass is 10.0. The van der Waals surface area contributed by atoms with Crippen molar-refractivity contribution in [2.45, 2.75) is 31.9 Å². The van der Waals surface area contributed by atoms with Crippen molar-refractivity contribution in [2.24, 2.45) is 0 Å². The second-order valence-corrected chi connectivity index (χ2v) is 4.05. The van der Waals surface area contributed by atoms with Gasteiger partial charge < -0.3 is 9.57 Å². The molecule has 0 spiro atoms. The summed E-state index contributed by atoms with van der Waals surface area (Å²) in [4.78, 5) is 4.86. The maximum Gasteiger partial charge on any atom is 0.168 e. The highest BCUT2D eigenvalue weighted by molar-refractivity contribution is 5.42. The molecule has 0 radical (unpaired) electrons. The fourth-order valence-electron chi connectivity index (χ4n) is 2.13. The third-order valence-corrected chi connectivity index (χ3v) is 2.83. The van der Waals surface area contributed by atoms with Crippen LogP contribution in [0.5, 0.6) is 5.75 Å². The number of rotatable bonds is 4. The van der Waals surface area contributed by atoms with Crippen LogP contribution in [-0.4, -0.2) is 13.2 Å². The van der Waals surface area contributed by atoms with E-state index in [-0.39, 0.29) is 17.9 Å². The van der Waals surface area contributed by atoms with E-state index in [4.69, 9.17) is 9.57 Å². The highest BCUT2D eigenvalue weighted by Crippen LogP contribution is 2.40. The Morgan fingerprint density at radius 3 is 2.82 bits per heavy atom. The maximum absolute atomic E-state index is 13.5. The minimum atomic E-state index is -0.665. The number of ether oxygens (including phenoxy) is 1. The number of hydroxylamine groups is 1. The van der Waals surface area contributed by atoms with Crippen LogP contribution in [0.25, 0.3) is 0 Å². The molecular weight excluding hydrogens is 228 g/mol. The summed E-state index contributed by atoms with van der Waals surface area (Å²) in [7, 11) is 1.47. The van der Waals surface area contributed by atoms with E-state index < -0.39 is 11.6 Å². The zero-order valence-corrected chi connectivity index (χ0v) is 9.80. The van der Waals surface area contributed by atoms with Crippen molar-refractivity contribution in [3.05, 3.63) is 29.3 Å². The van der Waals surface area contributed by atoms with E-state index >= 15 is 0 Å². The Bertz CT molecular complexity index is 412. The van der Waals surface area contributed by atoms with Crippen molar-refractivity contribution in [3.63, 3.8) is 0 Å². The Kier molecular flexibility index (Phi) is 3.59. The van der Waals surface area contributed by atoms with E-state index in [0.29, 0.717) is 5.56 Å². The molecule has 5 heteroatoms. The Labute approximate surface area is 98.7 Å². The average molecular weight is 243 g/mol. The van der Waals surface area contributed by atoms with E-state index in [0.717, 1.165) is 18.9 Å². The molecule has 0 amide bonds. The van der Waals surface area contributed by atoms with E-state index in [9.17, 15) is 8.78 Å². The number of halogens is 2. The smallest absolute Gasteiger partial charge is 0.168 e. The second-order valence-electron chi connectivity index (χ2n) is 4.05. The molecule has 1 N–H and O–H groups in total. The van der Waals surface area contributed by atoms with Crippen LogP contribution in [0.2, 0.25) is 0 Å². The van der Waals surface area contributed by atoms with Gasteiger partial charge in [-0.2, -0.15) is 5.48 Å². The van der Waals surface area contributed by atoms with Crippen LogP contribution >= 0.6 is 0 Å². The molecule has 2 rings (SSSR count). The predicted octanol–water partition coefficient (Wildman–Crippen LogP) is 2.72. The highest BCUT2D eigenvalue weighted by atomic mass is 19.1. The summed E-state index contributed by atoms with van der Waals surface area (Å²) in [5, 5.41) is 0. The molecule has 17 heavy (non-hydrogen) atoms. The predicted molar refractivity (Wildman–Crippen MR) is 58.6 cm³/mol. The Morgan fingerprint density at radius 1 is 1.41 bits per heavy atom. The van der Waals surface area contributed by atoms with Crippen molar-refractivity contribution >= 4 is 0 Å². The summed E-state index contributed by atoms with van der Waals surface area (Å²) in [6.07, 6.45) is 1.41. The molecule has 1 heterocycles. The van der Waals surface area contributed by atoms with Crippen molar-refractivity contribution in [2.75, 3.05) is 7.11 Å². The van der Waals surface area contributed by atoms with Crippen LogP contribution in [0.1, 0.15) is 31.4 Å². The van der Waals surface area contributed by atoms with Crippen molar-refractivity contribution in [3.8, 4) is 5.75 Å². The first-order chi connectivity index (χ1) is 8.17. The number of hydrogen-bond acceptors (Lipinski definition) is 3. The van der Waals surface area contributed by atoms with E-state index in [1.54, 1.807) is 0 Å². The Balaban J connectivity index is 2.35. The molecular formula is C12H15F2NO2. The van der Waals surface area contributed by atoms with Gasteiger partial charge >= 0.3 is 0 Å². The largest absolute Gasteiger partial charge is 0.485 e. The minimum Gasteiger partial charge on any atom is -0.485 e. The van der Waals surface area contributed by atoms with E-state index in [1.165, 1.54) is 13.2 Å². The highest BCUT2D eigenvalue weighted by Gasteiger charge is 2.36. The monoisotopic (exact) mass is 243 g/mol. The lowest BCUT2D eigenvalue weighted by Gasteiger charge is -2.18. The molecule has 2 atom stereocenters. The first-order valence-electron chi connectivity index (χ1n) is 5.61. The van der Waals surface area contributed by atoms with Gasteiger partial charge in [0.25, 0.3) is 0 Å². The van der Waals surface area contributed by atoms with Crippen molar-refractivity contribution in [1.29, 1.82) is 0 Å². The SMILES string of the molecule is CCCC1Oc2c(F)cc(F)cc2C1NOC. The first kappa shape index (κ1) is 12.3. The Hall–Kier alpha value is -1.20. The summed E-state index contributed by atoms with van der Waals surface area (Å²) in [6, 6.07) is 1.78. The summed E-state index contributed by atoms with van der Waals surface area (Å²) in [6.45, 7) is 2.01. The molecule has 0 aromatic heterocycles. The van der Waals surface area contributed by atoms with Crippen LogP contribution in [0.4, 0.5) is 8.78 Å². The normalized spacial score (nSPS) is 22.4. The lowest BCUT2D eigenvalue weighted by molar-refractivity contribution is 0.0264. The summed E-state index contributed by atoms with van der Waals surface area (Å²) < 4.78 is 32.2. The fraction of sp³-hybridized carbons (Fsp3) is 0.500. The minimum absolute atomic E-state index is 0.124. The van der Waals surface area contributed by atoms with Crippen LogP contribution in [0.3, 0.4) is 0 Å². The van der Waals surface area contributed by atoms with Gasteiger partial charge in [-0.1, -0.05) is 13.3 Å². The average Bonchev–Trinajstić information content (AvgIpc) is 2.59. The van der Waals surface area contributed by atoms with Crippen LogP contribution < -0.4 is 10.2 Å². The van der Waals surface area contributed by atoms with Gasteiger partial charge in [0.15, 0.2) is 11.6 Å². The first-order valence-corrected chi connectivity index (χ1v) is 5.61. The standard InChI is InChI=1S/C12H15F2NO2/c1-3-4-10-11(15-16-2)8-5-7(13)6-9(14)12(8)17-10/h5-6,10-11,15H,3-4H2,1-2H3. The van der Waals surface area contributed by atoms with Crippen LogP contribution in [0, 0.1) is 11.6 Å². The number of nitrogens with one attached hydrogen (secondary N) is 1. The Morgan fingerprint density at radius 2 is 2.18 bits per heavy atom. The van der Waals surface area contributed by atoms with Gasteiger partial charge in [0, 0.05) is 11.6 Å². The zero-order valence-electron chi connectivity index (χ0n) is 9.80. The molecule has 0 saturated heterocycles. The van der Waals surface area contributed by atoms with Crippen molar-refractivity contribution in [1.82, 2.24) is 5.48 Å². The van der Waals surface area contributed by atoms with Gasteiger partial charge in [-0.3, -0.25) is 0 Å². The third kappa shape index (κ3) is 2.25. The van der Waals surface area contributed by atoms with Gasteiger partial charge in [0.05, 0.1) is 13.2 Å². The molecule has 0 fully saturated rings. The molecule has 1 aliphatic rings. The van der Waals surface area contributed by atoms with Gasteiger partial charge in [-0.05, 0) is 12.5 Å². The number of fused-ring (bicyclic) bond motifs is 1. The molecule has 3 nitrogen and oxygen atoms in total. The summed E-state index contributed by atoms with van der Waals surface area (Å²) in [5.74, 6) is -1.15. The molecule has 1 aliphatic heterocycles. The van der Waals surface area contributed by atoms with Gasteiger partial charge in [-0.15, -0.1) is 0 Å². The zero-order chi connectivity index (χ0) is 12.4. The number of hydrogen-bond donors (Lipinski definition) is 1. The van der Waals surface area contributed by atoms with E-state index in [1.807, 2.05) is 6.92 Å². The molecule has 0 bridgehead atoms. The summed E-state index contributed by atoms with van der Waals surface area (Å²) >= 11 is 0. The van der Waals surface area contributed by atoms with Crippen LogP contribution in [-0.2, 0) is 4.84 Å². The lowest BCUT2D eigenvalue weighted by Crippen LogP contribution is -2.30. The topological polar surface area (TPSA) is 30.5 Å². The van der Waals surface area contributed by atoms with Crippen LogP contribution in [0.15, 0.2) is 12.1 Å². The summed E-state index contributed by atoms with van der Waals surface area (Å²) in [5.41, 5.74) is 3.21. The maximum atomic E-state index is 13.5. The molecule has 0 saturated carbocycles. The molecule has 1 aromatic rings. The number of benzene rings is 1. The fourth-order valence-corrected chi connectivity index (χ4v) is 2.13. The molecule has 1 aromatic carbocycles.